The largest absolute Gasteiger partial charge is 0.460 e. The molecule has 122 valence electrons. The summed E-state index contributed by atoms with van der Waals surface area (Å²) in [5, 5.41) is 3.34. The summed E-state index contributed by atoms with van der Waals surface area (Å²) in [7, 11) is 0. The van der Waals surface area contributed by atoms with Crippen molar-refractivity contribution in [3.05, 3.63) is 23.3 Å². The number of ether oxygens (including phenoxy) is 1. The standard InChI is InChI=1S/C17H27N3O2/c1-12-13(10-16(21)22-17(2,3)4)9-14(18)11-15(12)20-7-5-19-6-8-20/h9,11,19H,5-8,10,18H2,1-4H3. The quantitative estimate of drug-likeness (QED) is 0.659. The summed E-state index contributed by atoms with van der Waals surface area (Å²) in [6.45, 7) is 11.5. The van der Waals surface area contributed by atoms with Crippen LogP contribution in [0.4, 0.5) is 11.4 Å². The van der Waals surface area contributed by atoms with Crippen molar-refractivity contribution in [2.75, 3.05) is 36.8 Å². The van der Waals surface area contributed by atoms with Crippen LogP contribution in [0.15, 0.2) is 12.1 Å². The number of carbonyl (C=O) groups is 1. The molecule has 5 heteroatoms. The van der Waals surface area contributed by atoms with Gasteiger partial charge in [-0.15, -0.1) is 0 Å². The van der Waals surface area contributed by atoms with Crippen molar-refractivity contribution in [2.45, 2.75) is 39.7 Å². The Morgan fingerprint density at radius 3 is 2.55 bits per heavy atom. The number of carbonyl (C=O) groups excluding carboxylic acids is 1. The Morgan fingerprint density at radius 2 is 1.95 bits per heavy atom. The highest BCUT2D eigenvalue weighted by Crippen LogP contribution is 2.28. The van der Waals surface area contributed by atoms with Gasteiger partial charge in [-0.05, 0) is 51.0 Å². The first kappa shape index (κ1) is 16.6. The topological polar surface area (TPSA) is 67.6 Å². The van der Waals surface area contributed by atoms with Crippen molar-refractivity contribution < 1.29 is 9.53 Å². The first-order valence-corrected chi connectivity index (χ1v) is 7.83. The van der Waals surface area contributed by atoms with E-state index in [9.17, 15) is 4.79 Å². The Labute approximate surface area is 132 Å². The Bertz CT molecular complexity index is 544. The molecule has 0 spiro atoms. The second-order valence-corrected chi connectivity index (χ2v) is 6.82. The van der Waals surface area contributed by atoms with Crippen LogP contribution >= 0.6 is 0 Å². The maximum Gasteiger partial charge on any atom is 0.310 e. The first-order chi connectivity index (χ1) is 10.3. The van der Waals surface area contributed by atoms with Gasteiger partial charge in [0, 0.05) is 37.6 Å². The van der Waals surface area contributed by atoms with Crippen LogP contribution in [0.1, 0.15) is 31.9 Å². The minimum atomic E-state index is -0.466. The molecule has 1 fully saturated rings. The molecule has 1 aromatic carbocycles. The van der Waals surface area contributed by atoms with E-state index in [2.05, 4.69) is 17.1 Å². The predicted octanol–water partition coefficient (Wildman–Crippen LogP) is 1.87. The van der Waals surface area contributed by atoms with Crippen molar-refractivity contribution in [1.82, 2.24) is 5.32 Å². The minimum Gasteiger partial charge on any atom is -0.460 e. The minimum absolute atomic E-state index is 0.215. The van der Waals surface area contributed by atoms with Crippen LogP contribution in [-0.2, 0) is 16.0 Å². The number of esters is 1. The number of rotatable bonds is 3. The van der Waals surface area contributed by atoms with Crippen LogP contribution in [0, 0.1) is 6.92 Å². The summed E-state index contributed by atoms with van der Waals surface area (Å²) in [6.07, 6.45) is 0.257. The normalized spacial score (nSPS) is 15.7. The zero-order valence-electron chi connectivity index (χ0n) is 14.0. The third kappa shape index (κ3) is 4.37. The van der Waals surface area contributed by atoms with Gasteiger partial charge >= 0.3 is 5.97 Å². The number of nitrogen functional groups attached to an aromatic ring is 1. The summed E-state index contributed by atoms with van der Waals surface area (Å²) < 4.78 is 5.42. The van der Waals surface area contributed by atoms with Gasteiger partial charge in [0.15, 0.2) is 0 Å². The average Bonchev–Trinajstić information content (AvgIpc) is 2.41. The molecule has 5 nitrogen and oxygen atoms in total. The molecule has 0 saturated carbocycles. The van der Waals surface area contributed by atoms with Crippen molar-refractivity contribution in [2.24, 2.45) is 0 Å². The second-order valence-electron chi connectivity index (χ2n) is 6.82. The molecule has 1 aromatic rings. The molecule has 0 aliphatic carbocycles. The van der Waals surface area contributed by atoms with E-state index in [1.54, 1.807) is 0 Å². The SMILES string of the molecule is Cc1c(CC(=O)OC(C)(C)C)cc(N)cc1N1CCNCC1. The fourth-order valence-corrected chi connectivity index (χ4v) is 2.73. The van der Waals surface area contributed by atoms with Crippen LogP contribution in [-0.4, -0.2) is 37.7 Å². The number of anilines is 2. The number of nitrogens with one attached hydrogen (secondary N) is 1. The molecule has 22 heavy (non-hydrogen) atoms. The van der Waals surface area contributed by atoms with E-state index in [0.29, 0.717) is 5.69 Å². The lowest BCUT2D eigenvalue weighted by atomic mass is 10.0. The highest BCUT2D eigenvalue weighted by atomic mass is 16.6. The van der Waals surface area contributed by atoms with E-state index in [-0.39, 0.29) is 12.4 Å². The summed E-state index contributed by atoms with van der Waals surface area (Å²) in [6, 6.07) is 3.88. The molecule has 1 aliphatic heterocycles. The lowest BCUT2D eigenvalue weighted by Gasteiger charge is -2.31. The third-order valence-electron chi connectivity index (χ3n) is 3.72. The van der Waals surface area contributed by atoms with E-state index in [1.807, 2.05) is 32.9 Å². The smallest absolute Gasteiger partial charge is 0.310 e. The van der Waals surface area contributed by atoms with E-state index in [0.717, 1.165) is 43.0 Å². The molecule has 2 rings (SSSR count). The zero-order valence-corrected chi connectivity index (χ0v) is 14.0. The monoisotopic (exact) mass is 305 g/mol. The lowest BCUT2D eigenvalue weighted by molar-refractivity contribution is -0.153. The van der Waals surface area contributed by atoms with Crippen molar-refractivity contribution in [3.63, 3.8) is 0 Å². The van der Waals surface area contributed by atoms with E-state index in [4.69, 9.17) is 10.5 Å². The highest BCUT2D eigenvalue weighted by Gasteiger charge is 2.20. The zero-order chi connectivity index (χ0) is 16.3. The van der Waals surface area contributed by atoms with Gasteiger partial charge in [-0.25, -0.2) is 0 Å². The van der Waals surface area contributed by atoms with E-state index in [1.165, 1.54) is 0 Å². The molecule has 0 unspecified atom stereocenters. The lowest BCUT2D eigenvalue weighted by Crippen LogP contribution is -2.43. The summed E-state index contributed by atoms with van der Waals surface area (Å²) >= 11 is 0. The molecule has 1 saturated heterocycles. The number of nitrogens with zero attached hydrogens (tertiary/aromatic N) is 1. The summed E-state index contributed by atoms with van der Waals surface area (Å²) in [5.74, 6) is -0.215. The van der Waals surface area contributed by atoms with Crippen LogP contribution in [0.25, 0.3) is 0 Å². The van der Waals surface area contributed by atoms with Gasteiger partial charge in [0.05, 0.1) is 6.42 Å². The molecule has 0 radical (unpaired) electrons. The van der Waals surface area contributed by atoms with Gasteiger partial charge in [0.1, 0.15) is 5.60 Å². The van der Waals surface area contributed by atoms with Gasteiger partial charge in [-0.1, -0.05) is 0 Å². The Balaban J connectivity index is 2.21. The highest BCUT2D eigenvalue weighted by molar-refractivity contribution is 5.76. The molecule has 0 atom stereocenters. The van der Waals surface area contributed by atoms with Gasteiger partial charge < -0.3 is 20.7 Å². The summed E-state index contributed by atoms with van der Waals surface area (Å²) in [4.78, 5) is 14.4. The predicted molar refractivity (Wildman–Crippen MR) is 90.2 cm³/mol. The van der Waals surface area contributed by atoms with Gasteiger partial charge in [-0.2, -0.15) is 0 Å². The number of benzene rings is 1. The molecule has 0 bridgehead atoms. The van der Waals surface area contributed by atoms with Gasteiger partial charge in [0.2, 0.25) is 0 Å². The molecular weight excluding hydrogens is 278 g/mol. The Morgan fingerprint density at radius 1 is 1.32 bits per heavy atom. The fourth-order valence-electron chi connectivity index (χ4n) is 2.73. The maximum atomic E-state index is 12.1. The molecule has 0 aromatic heterocycles. The molecule has 1 aliphatic rings. The fraction of sp³-hybridized carbons (Fsp3) is 0.588. The molecule has 3 N–H and O–H groups in total. The van der Waals surface area contributed by atoms with Crippen LogP contribution in [0.3, 0.4) is 0 Å². The Hall–Kier alpha value is -1.75. The van der Waals surface area contributed by atoms with Crippen molar-refractivity contribution >= 4 is 17.3 Å². The molecule has 0 amide bonds. The van der Waals surface area contributed by atoms with Crippen LogP contribution in [0.2, 0.25) is 0 Å². The number of nitrogens with two attached hydrogens (primary N) is 1. The van der Waals surface area contributed by atoms with E-state index >= 15 is 0 Å². The second kappa shape index (κ2) is 6.57. The molecular formula is C17H27N3O2. The van der Waals surface area contributed by atoms with Crippen molar-refractivity contribution in [1.29, 1.82) is 0 Å². The number of piperazine rings is 1. The third-order valence-corrected chi connectivity index (χ3v) is 3.72. The Kier molecular flexibility index (Phi) is 4.96. The van der Waals surface area contributed by atoms with Crippen molar-refractivity contribution in [3.8, 4) is 0 Å². The maximum absolute atomic E-state index is 12.1. The van der Waals surface area contributed by atoms with Gasteiger partial charge in [-0.3, -0.25) is 4.79 Å². The van der Waals surface area contributed by atoms with Gasteiger partial charge in [0.25, 0.3) is 0 Å². The average molecular weight is 305 g/mol. The van der Waals surface area contributed by atoms with Crippen LogP contribution in [0.5, 0.6) is 0 Å². The number of hydrogen-bond donors (Lipinski definition) is 2. The van der Waals surface area contributed by atoms with Crippen LogP contribution < -0.4 is 16.0 Å². The van der Waals surface area contributed by atoms with E-state index < -0.39 is 5.60 Å². The molecule has 1 heterocycles. The number of hydrogen-bond acceptors (Lipinski definition) is 5. The summed E-state index contributed by atoms with van der Waals surface area (Å²) in [5.41, 5.74) is 9.46. The first-order valence-electron chi connectivity index (χ1n) is 7.83.